The van der Waals surface area contributed by atoms with E-state index in [-0.39, 0.29) is 10.8 Å². The van der Waals surface area contributed by atoms with Crippen LogP contribution in [0.25, 0.3) is 88.3 Å². The number of rotatable bonds is 4. The quantitative estimate of drug-likeness (QED) is 0.176. The van der Waals surface area contributed by atoms with E-state index in [9.17, 15) is 5.26 Å². The van der Waals surface area contributed by atoms with Crippen molar-refractivity contribution in [3.63, 3.8) is 0 Å². The van der Waals surface area contributed by atoms with E-state index >= 15 is 0 Å². The van der Waals surface area contributed by atoms with Gasteiger partial charge in [-0.15, -0.1) is 0 Å². The van der Waals surface area contributed by atoms with Crippen molar-refractivity contribution in [3.8, 4) is 72.8 Å². The van der Waals surface area contributed by atoms with Crippen LogP contribution in [0.4, 0.5) is 0 Å². The maximum absolute atomic E-state index is 9.29. The van der Waals surface area contributed by atoms with Gasteiger partial charge in [0, 0.05) is 10.8 Å². The van der Waals surface area contributed by atoms with E-state index in [2.05, 4.69) is 185 Å². The molecule has 9 aromatic rings. The van der Waals surface area contributed by atoms with Crippen molar-refractivity contribution < 1.29 is 0 Å². The Morgan fingerprint density at radius 2 is 0.603 bits per heavy atom. The minimum atomic E-state index is -0.145. The lowest BCUT2D eigenvalue weighted by Crippen LogP contribution is -2.15. The molecule has 0 aromatic heterocycles. The van der Waals surface area contributed by atoms with Crippen molar-refractivity contribution in [2.24, 2.45) is 0 Å². The fraction of sp³-hybridized carbons (Fsp3) is 0.105. The van der Waals surface area contributed by atoms with Gasteiger partial charge in [-0.2, -0.15) is 5.26 Å². The number of hydrogen-bond acceptors (Lipinski definition) is 1. The Kier molecular flexibility index (Phi) is 7.38. The highest BCUT2D eigenvalue weighted by molar-refractivity contribution is 5.94. The molecule has 9 aromatic carbocycles. The van der Waals surface area contributed by atoms with Crippen LogP contribution in [0.1, 0.15) is 55.5 Å². The second-order valence-electron chi connectivity index (χ2n) is 17.3. The first-order valence-corrected chi connectivity index (χ1v) is 20.3. The molecular weight excluding hydrogens is 699 g/mol. The maximum Gasteiger partial charge on any atom is 0.0991 e. The molecule has 0 radical (unpaired) electrons. The fourth-order valence-corrected chi connectivity index (χ4v) is 9.90. The lowest BCUT2D eigenvalue weighted by Gasteiger charge is -2.24. The lowest BCUT2D eigenvalue weighted by atomic mass is 9.79. The predicted molar refractivity (Wildman–Crippen MR) is 243 cm³/mol. The van der Waals surface area contributed by atoms with Crippen LogP contribution >= 0.6 is 0 Å². The van der Waals surface area contributed by atoms with Crippen LogP contribution in [0, 0.1) is 11.3 Å². The zero-order chi connectivity index (χ0) is 39.3. The number of fused-ring (bicyclic) bond motifs is 8. The fourth-order valence-electron chi connectivity index (χ4n) is 9.90. The monoisotopic (exact) mass is 739 g/mol. The molecule has 2 aliphatic rings. The van der Waals surface area contributed by atoms with Crippen molar-refractivity contribution >= 4 is 21.5 Å². The summed E-state index contributed by atoms with van der Waals surface area (Å²) in [4.78, 5) is 0. The highest BCUT2D eigenvalue weighted by atomic mass is 14.4. The Bertz CT molecular complexity index is 3220. The van der Waals surface area contributed by atoms with E-state index < -0.39 is 0 Å². The van der Waals surface area contributed by atoms with E-state index in [0.29, 0.717) is 5.56 Å². The van der Waals surface area contributed by atoms with Gasteiger partial charge in [0.25, 0.3) is 0 Å². The van der Waals surface area contributed by atoms with Gasteiger partial charge in [-0.05, 0) is 165 Å². The zero-order valence-corrected chi connectivity index (χ0v) is 33.2. The number of nitrogens with zero attached hydrogens (tertiary/aromatic N) is 1. The van der Waals surface area contributed by atoms with Gasteiger partial charge in [-0.25, -0.2) is 0 Å². The summed E-state index contributed by atoms with van der Waals surface area (Å²) in [5.74, 6) is 0. The van der Waals surface area contributed by atoms with Crippen LogP contribution in [0.15, 0.2) is 176 Å². The van der Waals surface area contributed by atoms with Crippen molar-refractivity contribution in [3.05, 3.63) is 204 Å². The molecule has 0 unspecified atom stereocenters. The van der Waals surface area contributed by atoms with Gasteiger partial charge < -0.3 is 0 Å². The van der Waals surface area contributed by atoms with Crippen molar-refractivity contribution in [1.82, 2.24) is 0 Å². The molecule has 0 N–H and O–H groups in total. The summed E-state index contributed by atoms with van der Waals surface area (Å²) in [5.41, 5.74) is 21.0. The Balaban J connectivity index is 0.891. The van der Waals surface area contributed by atoms with Crippen molar-refractivity contribution in [2.75, 3.05) is 0 Å². The molecular formula is C57H41N. The second-order valence-corrected chi connectivity index (χ2v) is 17.3. The van der Waals surface area contributed by atoms with Gasteiger partial charge in [0.05, 0.1) is 11.6 Å². The number of hydrogen-bond donors (Lipinski definition) is 0. The van der Waals surface area contributed by atoms with Gasteiger partial charge >= 0.3 is 0 Å². The molecule has 0 atom stereocenters. The summed E-state index contributed by atoms with van der Waals surface area (Å²) in [6, 6.07) is 67.2. The van der Waals surface area contributed by atoms with E-state index in [1.54, 1.807) is 0 Å². The molecule has 1 nitrogen and oxygen atoms in total. The van der Waals surface area contributed by atoms with Gasteiger partial charge in [-0.3, -0.25) is 0 Å². The van der Waals surface area contributed by atoms with Crippen LogP contribution in [0.3, 0.4) is 0 Å². The number of nitriles is 1. The first-order chi connectivity index (χ1) is 28.2. The molecule has 2 aliphatic carbocycles. The third-order valence-electron chi connectivity index (χ3n) is 13.3. The summed E-state index contributed by atoms with van der Waals surface area (Å²) in [6.45, 7) is 9.47. The van der Waals surface area contributed by atoms with E-state index in [1.165, 1.54) is 105 Å². The largest absolute Gasteiger partial charge is 0.192 e. The summed E-state index contributed by atoms with van der Waals surface area (Å²) < 4.78 is 0. The third kappa shape index (κ3) is 5.22. The van der Waals surface area contributed by atoms with Crippen LogP contribution in [0.5, 0.6) is 0 Å². The molecule has 0 amide bonds. The minimum Gasteiger partial charge on any atom is -0.192 e. The zero-order valence-electron chi connectivity index (χ0n) is 33.2. The van der Waals surface area contributed by atoms with Crippen LogP contribution in [-0.4, -0.2) is 0 Å². The highest BCUT2D eigenvalue weighted by Crippen LogP contribution is 2.53. The summed E-state index contributed by atoms with van der Waals surface area (Å²) in [7, 11) is 0. The average Bonchev–Trinajstić information content (AvgIpc) is 3.63. The standard InChI is InChI=1S/C57H41N/c1-56(2)52-30-44(37-11-9-35(34-58)10-12-37)19-23-48(52)50-25-21-46(32-54(50)56)47-22-26-51-49-24-20-45(31-53(49)57(3,4)55(51)33-47)43-18-17-41-28-40(15-16-42(41)29-43)39-14-13-36-7-5-6-8-38(36)27-39/h5-33H,1-4H3. The first kappa shape index (κ1) is 34.3. The summed E-state index contributed by atoms with van der Waals surface area (Å²) in [5, 5.41) is 14.3. The maximum atomic E-state index is 9.29. The molecule has 0 aliphatic heterocycles. The summed E-state index contributed by atoms with van der Waals surface area (Å²) >= 11 is 0. The van der Waals surface area contributed by atoms with Crippen molar-refractivity contribution in [1.29, 1.82) is 5.26 Å². The normalized spacial score (nSPS) is 14.1. The van der Waals surface area contributed by atoms with Gasteiger partial charge in [0.1, 0.15) is 0 Å². The molecule has 58 heavy (non-hydrogen) atoms. The topological polar surface area (TPSA) is 23.8 Å². The predicted octanol–water partition coefficient (Wildman–Crippen LogP) is 15.1. The van der Waals surface area contributed by atoms with Crippen molar-refractivity contribution in [2.45, 2.75) is 38.5 Å². The molecule has 0 bridgehead atoms. The molecule has 11 rings (SSSR count). The molecule has 0 spiro atoms. The van der Waals surface area contributed by atoms with E-state index in [1.807, 2.05) is 24.3 Å². The second kappa shape index (κ2) is 12.5. The van der Waals surface area contributed by atoms with Crippen LogP contribution in [-0.2, 0) is 10.8 Å². The highest BCUT2D eigenvalue weighted by Gasteiger charge is 2.38. The Labute approximate surface area is 340 Å². The molecule has 274 valence electrons. The van der Waals surface area contributed by atoms with Gasteiger partial charge in [-0.1, -0.05) is 149 Å². The summed E-state index contributed by atoms with van der Waals surface area (Å²) in [6.07, 6.45) is 0. The number of benzene rings is 9. The van der Waals surface area contributed by atoms with Crippen LogP contribution < -0.4 is 0 Å². The molecule has 1 heteroatoms. The van der Waals surface area contributed by atoms with Gasteiger partial charge in [0.2, 0.25) is 0 Å². The molecule has 0 fully saturated rings. The van der Waals surface area contributed by atoms with E-state index in [0.717, 1.165) is 5.56 Å². The smallest absolute Gasteiger partial charge is 0.0991 e. The van der Waals surface area contributed by atoms with Gasteiger partial charge in [0.15, 0.2) is 0 Å². The third-order valence-corrected chi connectivity index (χ3v) is 13.3. The Morgan fingerprint density at radius 3 is 1.00 bits per heavy atom. The van der Waals surface area contributed by atoms with E-state index in [4.69, 9.17) is 0 Å². The minimum absolute atomic E-state index is 0.142. The lowest BCUT2D eigenvalue weighted by molar-refractivity contribution is 0.660. The molecule has 0 heterocycles. The average molecular weight is 740 g/mol. The first-order valence-electron chi connectivity index (χ1n) is 20.3. The Hall–Kier alpha value is -7.01. The van der Waals surface area contributed by atoms with Crippen LogP contribution in [0.2, 0.25) is 0 Å². The molecule has 0 saturated carbocycles. The molecule has 0 saturated heterocycles. The Morgan fingerprint density at radius 1 is 0.310 bits per heavy atom. The SMILES string of the molecule is CC1(C)c2cc(-c3ccc(C#N)cc3)ccc2-c2ccc(-c3ccc4c(c3)C(C)(C)c3cc(-c5ccc6cc(-c7ccc8ccccc8c7)ccc6c5)ccc3-4)cc21.